The molecule has 158 valence electrons. The van der Waals surface area contributed by atoms with Crippen LogP contribution in [-0.2, 0) is 13.1 Å². The zero-order chi connectivity index (χ0) is 22.0. The Labute approximate surface area is 190 Å². The molecule has 0 unspecified atom stereocenters. The predicted molar refractivity (Wildman–Crippen MR) is 120 cm³/mol. The fourth-order valence-electron chi connectivity index (χ4n) is 3.21. The highest BCUT2D eigenvalue weighted by Gasteiger charge is 2.23. The molecule has 31 heavy (non-hydrogen) atoms. The van der Waals surface area contributed by atoms with Crippen LogP contribution in [-0.4, -0.2) is 16.0 Å². The summed E-state index contributed by atoms with van der Waals surface area (Å²) in [6, 6.07) is 16.4. The summed E-state index contributed by atoms with van der Waals surface area (Å²) in [4.78, 5) is 14.9. The Morgan fingerprint density at radius 1 is 1.00 bits per heavy atom. The molecule has 0 fully saturated rings. The summed E-state index contributed by atoms with van der Waals surface area (Å²) in [6.07, 6.45) is 1.57. The maximum Gasteiger partial charge on any atom is 0.276 e. The van der Waals surface area contributed by atoms with Gasteiger partial charge in [0.25, 0.3) is 5.91 Å². The molecular formula is C24H20Cl2N2O3. The molecule has 5 nitrogen and oxygen atoms in total. The van der Waals surface area contributed by atoms with Gasteiger partial charge in [-0.25, -0.2) is 0 Å². The lowest BCUT2D eigenvalue weighted by molar-refractivity contribution is 0.0707. The molecule has 2 aromatic carbocycles. The quantitative estimate of drug-likeness (QED) is 0.325. The summed E-state index contributed by atoms with van der Waals surface area (Å²) < 4.78 is 10.9. The number of carbonyl (C=O) groups is 1. The standard InChI is InChI=1S/C24H20Cl2N2O3/c1-15-5-6-17(10-16(15)2)23-12-22(27-31-23)24(29)28(14-20-4-3-9-30-20)13-18-7-8-19(25)11-21(18)26/h3-12H,13-14H2,1-2H3. The second-order valence-corrected chi connectivity index (χ2v) is 8.20. The van der Waals surface area contributed by atoms with Crippen LogP contribution < -0.4 is 0 Å². The van der Waals surface area contributed by atoms with Gasteiger partial charge in [-0.15, -0.1) is 0 Å². The Morgan fingerprint density at radius 3 is 2.55 bits per heavy atom. The number of benzene rings is 2. The molecule has 2 aromatic heterocycles. The number of aryl methyl sites for hydroxylation is 2. The van der Waals surface area contributed by atoms with Crippen LogP contribution in [0.4, 0.5) is 0 Å². The van der Waals surface area contributed by atoms with E-state index in [4.69, 9.17) is 32.1 Å². The van der Waals surface area contributed by atoms with E-state index in [0.29, 0.717) is 21.6 Å². The third-order valence-electron chi connectivity index (χ3n) is 5.11. The van der Waals surface area contributed by atoms with Gasteiger partial charge in [-0.2, -0.15) is 0 Å². The summed E-state index contributed by atoms with van der Waals surface area (Å²) in [5.41, 5.74) is 4.17. The third-order valence-corrected chi connectivity index (χ3v) is 5.70. The first-order valence-electron chi connectivity index (χ1n) is 9.70. The number of hydrogen-bond acceptors (Lipinski definition) is 4. The molecule has 0 radical (unpaired) electrons. The molecule has 2 heterocycles. The number of carbonyl (C=O) groups excluding carboxylic acids is 1. The molecule has 0 spiro atoms. The van der Waals surface area contributed by atoms with E-state index in [-0.39, 0.29) is 24.7 Å². The fraction of sp³-hybridized carbons (Fsp3) is 0.167. The van der Waals surface area contributed by atoms with Crippen LogP contribution in [0.15, 0.2) is 69.8 Å². The van der Waals surface area contributed by atoms with Crippen molar-refractivity contribution in [2.75, 3.05) is 0 Å². The normalized spacial score (nSPS) is 11.0. The number of furan rings is 1. The van der Waals surface area contributed by atoms with Gasteiger partial charge in [0.1, 0.15) is 5.76 Å². The lowest BCUT2D eigenvalue weighted by atomic mass is 10.0. The van der Waals surface area contributed by atoms with Gasteiger partial charge in [0.15, 0.2) is 11.5 Å². The van der Waals surface area contributed by atoms with Crippen LogP contribution in [0.2, 0.25) is 10.0 Å². The van der Waals surface area contributed by atoms with Crippen LogP contribution in [0.5, 0.6) is 0 Å². The Hall–Kier alpha value is -3.02. The first-order valence-corrected chi connectivity index (χ1v) is 10.5. The van der Waals surface area contributed by atoms with Crippen LogP contribution >= 0.6 is 23.2 Å². The summed E-state index contributed by atoms with van der Waals surface area (Å²) >= 11 is 12.3. The lowest BCUT2D eigenvalue weighted by Crippen LogP contribution is -2.30. The van der Waals surface area contributed by atoms with Crippen molar-refractivity contribution in [3.05, 3.63) is 99.1 Å². The van der Waals surface area contributed by atoms with Crippen molar-refractivity contribution < 1.29 is 13.7 Å². The van der Waals surface area contributed by atoms with Crippen LogP contribution in [0, 0.1) is 13.8 Å². The molecule has 7 heteroatoms. The van der Waals surface area contributed by atoms with Gasteiger partial charge in [0.05, 0.1) is 12.8 Å². The maximum atomic E-state index is 13.3. The first-order chi connectivity index (χ1) is 14.9. The number of rotatable bonds is 6. The molecule has 4 rings (SSSR count). The average Bonchev–Trinajstić information content (AvgIpc) is 3.43. The Morgan fingerprint density at radius 2 is 1.84 bits per heavy atom. The number of hydrogen-bond donors (Lipinski definition) is 0. The molecule has 0 bridgehead atoms. The monoisotopic (exact) mass is 454 g/mol. The minimum atomic E-state index is -0.291. The van der Waals surface area contributed by atoms with Gasteiger partial charge < -0.3 is 13.8 Å². The molecule has 0 aliphatic heterocycles. The van der Waals surface area contributed by atoms with Gasteiger partial charge in [0.2, 0.25) is 0 Å². The van der Waals surface area contributed by atoms with Gasteiger partial charge in [-0.3, -0.25) is 4.79 Å². The van der Waals surface area contributed by atoms with Crippen LogP contribution in [0.25, 0.3) is 11.3 Å². The van der Waals surface area contributed by atoms with Crippen LogP contribution in [0.1, 0.15) is 32.9 Å². The zero-order valence-corrected chi connectivity index (χ0v) is 18.6. The lowest BCUT2D eigenvalue weighted by Gasteiger charge is -2.21. The van der Waals surface area contributed by atoms with E-state index in [1.165, 1.54) is 5.56 Å². The summed E-state index contributed by atoms with van der Waals surface area (Å²) in [6.45, 7) is 4.60. The van der Waals surface area contributed by atoms with E-state index in [1.807, 2.05) is 38.1 Å². The molecule has 0 N–H and O–H groups in total. The summed E-state index contributed by atoms with van der Waals surface area (Å²) in [5.74, 6) is 0.895. The molecular weight excluding hydrogens is 435 g/mol. The average molecular weight is 455 g/mol. The Balaban J connectivity index is 1.62. The van der Waals surface area contributed by atoms with Crippen molar-refractivity contribution in [1.82, 2.24) is 10.1 Å². The van der Waals surface area contributed by atoms with E-state index >= 15 is 0 Å². The molecule has 0 saturated heterocycles. The first kappa shape index (κ1) is 21.2. The van der Waals surface area contributed by atoms with Crippen molar-refractivity contribution in [2.24, 2.45) is 0 Å². The van der Waals surface area contributed by atoms with Gasteiger partial charge in [-0.1, -0.05) is 46.6 Å². The van der Waals surface area contributed by atoms with Crippen LogP contribution in [0.3, 0.4) is 0 Å². The number of aromatic nitrogens is 1. The molecule has 0 aliphatic rings. The topological polar surface area (TPSA) is 59.5 Å². The maximum absolute atomic E-state index is 13.3. The highest BCUT2D eigenvalue weighted by Crippen LogP contribution is 2.26. The minimum Gasteiger partial charge on any atom is -0.467 e. The van der Waals surface area contributed by atoms with E-state index in [2.05, 4.69) is 5.16 Å². The number of nitrogens with zero attached hydrogens (tertiary/aromatic N) is 2. The second-order valence-electron chi connectivity index (χ2n) is 7.35. The van der Waals surface area contributed by atoms with Crippen molar-refractivity contribution >= 4 is 29.1 Å². The SMILES string of the molecule is Cc1ccc(-c2cc(C(=O)N(Cc3ccco3)Cc3ccc(Cl)cc3Cl)no2)cc1C. The smallest absolute Gasteiger partial charge is 0.276 e. The highest BCUT2D eigenvalue weighted by atomic mass is 35.5. The highest BCUT2D eigenvalue weighted by molar-refractivity contribution is 6.35. The molecule has 1 amide bonds. The largest absolute Gasteiger partial charge is 0.467 e. The summed E-state index contributed by atoms with van der Waals surface area (Å²) in [5, 5.41) is 5.04. The molecule has 4 aromatic rings. The summed E-state index contributed by atoms with van der Waals surface area (Å²) in [7, 11) is 0. The zero-order valence-electron chi connectivity index (χ0n) is 17.1. The fourth-order valence-corrected chi connectivity index (χ4v) is 3.68. The second kappa shape index (κ2) is 9.00. The Bertz CT molecular complexity index is 1220. The van der Waals surface area contributed by atoms with E-state index in [1.54, 1.807) is 41.5 Å². The van der Waals surface area contributed by atoms with Gasteiger partial charge >= 0.3 is 0 Å². The number of halogens is 2. The van der Waals surface area contributed by atoms with Crippen molar-refractivity contribution in [1.29, 1.82) is 0 Å². The Kier molecular flexibility index (Phi) is 6.16. The van der Waals surface area contributed by atoms with Crippen molar-refractivity contribution in [2.45, 2.75) is 26.9 Å². The van der Waals surface area contributed by atoms with E-state index < -0.39 is 0 Å². The minimum absolute atomic E-state index is 0.213. The van der Waals surface area contributed by atoms with Crippen molar-refractivity contribution in [3.8, 4) is 11.3 Å². The van der Waals surface area contributed by atoms with Gasteiger partial charge in [-0.05, 0) is 60.9 Å². The van der Waals surface area contributed by atoms with E-state index in [0.717, 1.165) is 16.7 Å². The third kappa shape index (κ3) is 4.84. The van der Waals surface area contributed by atoms with Gasteiger partial charge in [0, 0.05) is 28.2 Å². The molecule has 0 aliphatic carbocycles. The molecule has 0 atom stereocenters. The number of amides is 1. The van der Waals surface area contributed by atoms with Crippen molar-refractivity contribution in [3.63, 3.8) is 0 Å². The van der Waals surface area contributed by atoms with E-state index in [9.17, 15) is 4.79 Å². The predicted octanol–water partition coefficient (Wildman–Crippen LogP) is 6.70. The molecule has 0 saturated carbocycles.